The minimum absolute atomic E-state index is 0.0268. The van der Waals surface area contributed by atoms with Gasteiger partial charge in [-0.15, -0.1) is 0 Å². The van der Waals surface area contributed by atoms with Crippen LogP contribution in [0.5, 0.6) is 0 Å². The Kier molecular flexibility index (Phi) is 5.02. The number of benzene rings is 1. The van der Waals surface area contributed by atoms with E-state index in [1.807, 2.05) is 12.1 Å². The number of carbonyl (C=O) groups excluding carboxylic acids is 2. The van der Waals surface area contributed by atoms with E-state index in [0.717, 1.165) is 5.56 Å². The van der Waals surface area contributed by atoms with E-state index in [4.69, 9.17) is 23.2 Å². The first-order valence-electron chi connectivity index (χ1n) is 7.45. The summed E-state index contributed by atoms with van der Waals surface area (Å²) in [5, 5.41) is 3.58. The van der Waals surface area contributed by atoms with Crippen molar-refractivity contribution in [3.63, 3.8) is 0 Å². The quantitative estimate of drug-likeness (QED) is 0.905. The number of hydrogen-bond donors (Lipinski definition) is 1. The molecule has 2 heterocycles. The van der Waals surface area contributed by atoms with Crippen molar-refractivity contribution in [3.05, 3.63) is 58.3 Å². The van der Waals surface area contributed by atoms with Crippen molar-refractivity contribution < 1.29 is 9.59 Å². The molecule has 0 spiro atoms. The van der Waals surface area contributed by atoms with Crippen molar-refractivity contribution in [1.29, 1.82) is 0 Å². The van der Waals surface area contributed by atoms with Gasteiger partial charge < -0.3 is 10.2 Å². The lowest BCUT2D eigenvalue weighted by Gasteiger charge is -2.16. The summed E-state index contributed by atoms with van der Waals surface area (Å²) in [6.45, 7) is 0.881. The SMILES string of the molecule is O=C(Nc1ccc(Cl)c(Cl)c1)C1CC(=O)N(Cc2ccncc2)C1. The average molecular weight is 364 g/mol. The molecule has 1 aromatic heterocycles. The van der Waals surface area contributed by atoms with Crippen molar-refractivity contribution in [2.24, 2.45) is 5.92 Å². The molecule has 3 rings (SSSR count). The summed E-state index contributed by atoms with van der Waals surface area (Å²) in [4.78, 5) is 30.2. The van der Waals surface area contributed by atoms with E-state index in [1.165, 1.54) is 0 Å². The highest BCUT2D eigenvalue weighted by atomic mass is 35.5. The number of nitrogens with one attached hydrogen (secondary N) is 1. The maximum absolute atomic E-state index is 12.4. The molecule has 1 N–H and O–H groups in total. The molecule has 1 saturated heterocycles. The largest absolute Gasteiger partial charge is 0.338 e. The monoisotopic (exact) mass is 363 g/mol. The van der Waals surface area contributed by atoms with Crippen molar-refractivity contribution in [2.75, 3.05) is 11.9 Å². The highest BCUT2D eigenvalue weighted by molar-refractivity contribution is 6.42. The fourth-order valence-corrected chi connectivity index (χ4v) is 2.93. The number of likely N-dealkylation sites (tertiary alicyclic amines) is 1. The van der Waals surface area contributed by atoms with E-state index >= 15 is 0 Å². The molecule has 1 unspecified atom stereocenters. The smallest absolute Gasteiger partial charge is 0.229 e. The molecule has 24 heavy (non-hydrogen) atoms. The fraction of sp³-hybridized carbons (Fsp3) is 0.235. The molecule has 0 saturated carbocycles. The highest BCUT2D eigenvalue weighted by Gasteiger charge is 2.34. The van der Waals surface area contributed by atoms with Gasteiger partial charge in [0, 0.05) is 37.6 Å². The van der Waals surface area contributed by atoms with E-state index in [2.05, 4.69) is 10.3 Å². The van der Waals surface area contributed by atoms with Crippen molar-refractivity contribution >= 4 is 40.7 Å². The molecule has 1 fully saturated rings. The third-order valence-corrected chi connectivity index (χ3v) is 4.63. The summed E-state index contributed by atoms with van der Waals surface area (Å²) in [6, 6.07) is 8.60. The molecular weight excluding hydrogens is 349 g/mol. The fourth-order valence-electron chi connectivity index (χ4n) is 2.63. The zero-order valence-corrected chi connectivity index (χ0v) is 14.2. The minimum atomic E-state index is -0.381. The van der Waals surface area contributed by atoms with Gasteiger partial charge >= 0.3 is 0 Å². The van der Waals surface area contributed by atoms with Crippen LogP contribution in [0.2, 0.25) is 10.0 Å². The van der Waals surface area contributed by atoms with Gasteiger partial charge in [-0.1, -0.05) is 23.2 Å². The summed E-state index contributed by atoms with van der Waals surface area (Å²) in [7, 11) is 0. The lowest BCUT2D eigenvalue weighted by Crippen LogP contribution is -2.28. The summed E-state index contributed by atoms with van der Waals surface area (Å²) in [6.07, 6.45) is 3.58. The zero-order valence-electron chi connectivity index (χ0n) is 12.7. The standard InChI is InChI=1S/C17H15Cl2N3O2/c18-14-2-1-13(8-15(14)19)21-17(24)12-7-16(23)22(10-12)9-11-3-5-20-6-4-11/h1-6,8,12H,7,9-10H2,(H,21,24). The van der Waals surface area contributed by atoms with E-state index in [-0.39, 0.29) is 24.2 Å². The van der Waals surface area contributed by atoms with Crippen LogP contribution in [0.3, 0.4) is 0 Å². The Hall–Kier alpha value is -2.11. The van der Waals surface area contributed by atoms with Gasteiger partial charge in [-0.25, -0.2) is 0 Å². The Bertz CT molecular complexity index is 768. The molecular formula is C17H15Cl2N3O2. The number of aromatic nitrogens is 1. The van der Waals surface area contributed by atoms with E-state index < -0.39 is 0 Å². The molecule has 1 aliphatic heterocycles. The number of pyridine rings is 1. The van der Waals surface area contributed by atoms with Crippen LogP contribution in [0.1, 0.15) is 12.0 Å². The number of halogens is 2. The summed E-state index contributed by atoms with van der Waals surface area (Å²) < 4.78 is 0. The minimum Gasteiger partial charge on any atom is -0.338 e. The number of nitrogens with zero attached hydrogens (tertiary/aromatic N) is 2. The maximum atomic E-state index is 12.4. The first kappa shape index (κ1) is 16.7. The number of amides is 2. The van der Waals surface area contributed by atoms with E-state index in [9.17, 15) is 9.59 Å². The van der Waals surface area contributed by atoms with Crippen LogP contribution in [-0.2, 0) is 16.1 Å². The Morgan fingerprint density at radius 1 is 1.21 bits per heavy atom. The van der Waals surface area contributed by atoms with Gasteiger partial charge in [0.05, 0.1) is 16.0 Å². The lowest BCUT2D eigenvalue weighted by atomic mass is 10.1. The van der Waals surface area contributed by atoms with Crippen LogP contribution >= 0.6 is 23.2 Å². The zero-order chi connectivity index (χ0) is 17.1. The third-order valence-electron chi connectivity index (χ3n) is 3.90. The highest BCUT2D eigenvalue weighted by Crippen LogP contribution is 2.26. The Labute approximate surface area is 149 Å². The number of carbonyl (C=O) groups is 2. The number of anilines is 1. The van der Waals surface area contributed by atoms with Crippen molar-refractivity contribution in [1.82, 2.24) is 9.88 Å². The van der Waals surface area contributed by atoms with Gasteiger partial charge in [0.15, 0.2) is 0 Å². The van der Waals surface area contributed by atoms with Crippen LogP contribution < -0.4 is 5.32 Å². The van der Waals surface area contributed by atoms with Crippen LogP contribution in [0.4, 0.5) is 5.69 Å². The first-order chi connectivity index (χ1) is 11.5. The topological polar surface area (TPSA) is 62.3 Å². The van der Waals surface area contributed by atoms with Crippen molar-refractivity contribution in [2.45, 2.75) is 13.0 Å². The molecule has 0 bridgehead atoms. The Morgan fingerprint density at radius 3 is 2.67 bits per heavy atom. The van der Waals surface area contributed by atoms with E-state index in [1.54, 1.807) is 35.5 Å². The molecule has 5 nitrogen and oxygen atoms in total. The van der Waals surface area contributed by atoms with Gasteiger partial charge in [0.2, 0.25) is 11.8 Å². The molecule has 1 aliphatic rings. The molecule has 1 aromatic carbocycles. The van der Waals surface area contributed by atoms with Gasteiger partial charge in [-0.3, -0.25) is 14.6 Å². The second-order valence-corrected chi connectivity index (χ2v) is 6.46. The molecule has 2 aromatic rings. The number of hydrogen-bond acceptors (Lipinski definition) is 3. The molecule has 0 aliphatic carbocycles. The molecule has 2 amide bonds. The predicted molar refractivity (Wildman–Crippen MR) is 92.9 cm³/mol. The van der Waals surface area contributed by atoms with Crippen molar-refractivity contribution in [3.8, 4) is 0 Å². The molecule has 124 valence electrons. The van der Waals surface area contributed by atoms with E-state index in [0.29, 0.717) is 28.8 Å². The van der Waals surface area contributed by atoms with Gasteiger partial charge in [-0.2, -0.15) is 0 Å². The number of rotatable bonds is 4. The summed E-state index contributed by atoms with van der Waals surface area (Å²) in [5.41, 5.74) is 1.55. The van der Waals surface area contributed by atoms with Gasteiger partial charge in [0.25, 0.3) is 0 Å². The maximum Gasteiger partial charge on any atom is 0.229 e. The van der Waals surface area contributed by atoms with Crippen LogP contribution in [-0.4, -0.2) is 28.2 Å². The van der Waals surface area contributed by atoms with Gasteiger partial charge in [-0.05, 0) is 35.9 Å². The lowest BCUT2D eigenvalue weighted by molar-refractivity contribution is -0.128. The Morgan fingerprint density at radius 2 is 1.96 bits per heavy atom. The van der Waals surface area contributed by atoms with Gasteiger partial charge in [0.1, 0.15) is 0 Å². The average Bonchev–Trinajstić information content (AvgIpc) is 2.93. The molecule has 1 atom stereocenters. The van der Waals surface area contributed by atoms with Crippen LogP contribution in [0, 0.1) is 5.92 Å². The predicted octanol–water partition coefficient (Wildman–Crippen LogP) is 3.38. The van der Waals surface area contributed by atoms with Crippen LogP contribution in [0.15, 0.2) is 42.7 Å². The first-order valence-corrected chi connectivity index (χ1v) is 8.21. The molecule has 7 heteroatoms. The second kappa shape index (κ2) is 7.20. The second-order valence-electron chi connectivity index (χ2n) is 5.65. The summed E-state index contributed by atoms with van der Waals surface area (Å²) >= 11 is 11.8. The Balaban J connectivity index is 1.62. The van der Waals surface area contributed by atoms with Crippen LogP contribution in [0.25, 0.3) is 0 Å². The summed E-state index contributed by atoms with van der Waals surface area (Å²) in [5.74, 6) is -0.603. The third kappa shape index (κ3) is 3.86. The normalized spacial score (nSPS) is 17.2. The molecule has 0 radical (unpaired) electrons.